The van der Waals surface area contributed by atoms with Crippen LogP contribution in [0.3, 0.4) is 0 Å². The SMILES string of the molecule is C#C.C=C.CC(N)=O.O=S(c1ccc(F)cc1)N1CCCc2cc(C(O)(C(F)(F)F)C(F)(F)F)ccc21. The van der Waals surface area contributed by atoms with Crippen LogP contribution < -0.4 is 10.0 Å². The summed E-state index contributed by atoms with van der Waals surface area (Å²) in [7, 11) is -1.84. The van der Waals surface area contributed by atoms with Crippen LogP contribution in [0.25, 0.3) is 0 Å². The second kappa shape index (κ2) is 13.8. The van der Waals surface area contributed by atoms with Crippen molar-refractivity contribution in [3.05, 3.63) is 72.6 Å². The predicted molar refractivity (Wildman–Crippen MR) is 127 cm³/mol. The molecule has 1 aliphatic rings. The van der Waals surface area contributed by atoms with Crippen molar-refractivity contribution in [1.29, 1.82) is 0 Å². The zero-order valence-electron chi connectivity index (χ0n) is 19.6. The molecule has 2 aromatic carbocycles. The van der Waals surface area contributed by atoms with Crippen molar-refractivity contribution in [2.75, 3.05) is 10.8 Å². The molecule has 2 aromatic rings. The molecule has 0 saturated heterocycles. The molecule has 1 atom stereocenters. The summed E-state index contributed by atoms with van der Waals surface area (Å²) in [5, 5.41) is 9.58. The summed E-state index contributed by atoms with van der Waals surface area (Å²) < 4.78 is 106. The van der Waals surface area contributed by atoms with Gasteiger partial charge in [0.05, 0.1) is 10.6 Å². The summed E-state index contributed by atoms with van der Waals surface area (Å²) in [5.74, 6) is -0.881. The van der Waals surface area contributed by atoms with Gasteiger partial charge in [0.25, 0.3) is 5.60 Å². The van der Waals surface area contributed by atoms with E-state index >= 15 is 0 Å². The summed E-state index contributed by atoms with van der Waals surface area (Å²) in [5.41, 5.74) is -1.62. The number of benzene rings is 2. The number of alkyl halides is 6. The molecule has 37 heavy (non-hydrogen) atoms. The van der Waals surface area contributed by atoms with Gasteiger partial charge >= 0.3 is 12.4 Å². The average Bonchev–Trinajstić information content (AvgIpc) is 2.83. The molecule has 3 N–H and O–H groups in total. The Morgan fingerprint density at radius 1 is 1.03 bits per heavy atom. The molecule has 0 aliphatic carbocycles. The number of fused-ring (bicyclic) bond motifs is 1. The maximum absolute atomic E-state index is 13.1. The van der Waals surface area contributed by atoms with Gasteiger partial charge in [-0.3, -0.25) is 9.10 Å². The Balaban J connectivity index is 0.00000145. The number of carbonyl (C=O) groups is 1. The molecule has 0 spiro atoms. The zero-order chi connectivity index (χ0) is 29.2. The van der Waals surface area contributed by atoms with Gasteiger partial charge in [-0.25, -0.2) is 8.60 Å². The third-order valence-corrected chi connectivity index (χ3v) is 6.06. The fourth-order valence-corrected chi connectivity index (χ4v) is 4.40. The lowest BCUT2D eigenvalue weighted by Crippen LogP contribution is -2.54. The summed E-state index contributed by atoms with van der Waals surface area (Å²) in [6.45, 7) is 7.54. The first-order valence-electron chi connectivity index (χ1n) is 10.1. The largest absolute Gasteiger partial charge is 0.430 e. The standard InChI is InChI=1S/C18H14F7NO2S.C2H5NO.C2H4.C2H2/c19-13-4-6-14(7-5-13)29(28)26-9-1-2-11-10-12(3-8-15(11)26)16(27,17(20,21)22)18(23,24)25;1-2(3)4;2*1-2/h3-8,10,27H,1-2,9H2;1H3,(H2,3,4);1-2H2;1-2H. The maximum Gasteiger partial charge on any atom is 0.430 e. The molecule has 204 valence electrons. The van der Waals surface area contributed by atoms with Gasteiger partial charge in [0.15, 0.2) is 11.0 Å². The summed E-state index contributed by atoms with van der Waals surface area (Å²) >= 11 is 0. The smallest absolute Gasteiger partial charge is 0.370 e. The normalized spacial score (nSPS) is 13.8. The van der Waals surface area contributed by atoms with Crippen LogP contribution in [0.15, 0.2) is 60.5 Å². The van der Waals surface area contributed by atoms with E-state index < -0.39 is 40.3 Å². The van der Waals surface area contributed by atoms with Crippen LogP contribution in [0.4, 0.5) is 36.4 Å². The van der Waals surface area contributed by atoms with E-state index in [2.05, 4.69) is 31.7 Å². The van der Waals surface area contributed by atoms with Gasteiger partial charge in [0.1, 0.15) is 5.82 Å². The molecule has 13 heteroatoms. The number of amides is 1. The number of carbonyl (C=O) groups excluding carboxylic acids is 1. The van der Waals surface area contributed by atoms with Crippen molar-refractivity contribution < 1.29 is 44.8 Å². The zero-order valence-corrected chi connectivity index (χ0v) is 20.4. The Morgan fingerprint density at radius 2 is 1.49 bits per heavy atom. The van der Waals surface area contributed by atoms with Gasteiger partial charge in [-0.1, -0.05) is 12.1 Å². The summed E-state index contributed by atoms with van der Waals surface area (Å²) in [6, 6.07) is 6.89. The van der Waals surface area contributed by atoms with E-state index in [0.29, 0.717) is 18.6 Å². The predicted octanol–water partition coefficient (Wildman–Crippen LogP) is 5.16. The van der Waals surface area contributed by atoms with Gasteiger partial charge in [0.2, 0.25) is 5.91 Å². The number of rotatable bonds is 3. The number of anilines is 1. The summed E-state index contributed by atoms with van der Waals surface area (Å²) in [6.07, 6.45) is -3.50. The van der Waals surface area contributed by atoms with Crippen molar-refractivity contribution in [1.82, 2.24) is 0 Å². The lowest BCUT2D eigenvalue weighted by atomic mass is 9.89. The minimum atomic E-state index is -5.98. The highest BCUT2D eigenvalue weighted by Gasteiger charge is 2.71. The van der Waals surface area contributed by atoms with E-state index in [1.165, 1.54) is 23.4 Å². The Morgan fingerprint density at radius 3 is 1.92 bits per heavy atom. The number of halogens is 7. The molecule has 5 nitrogen and oxygen atoms in total. The van der Waals surface area contributed by atoms with Crippen LogP contribution in [0.2, 0.25) is 0 Å². The Bertz CT molecular complexity index is 1070. The first kappa shape index (κ1) is 33.6. The molecule has 1 aliphatic heterocycles. The van der Waals surface area contributed by atoms with E-state index in [4.69, 9.17) is 0 Å². The molecule has 0 fully saturated rings. The topological polar surface area (TPSA) is 83.6 Å². The molecule has 0 saturated carbocycles. The fraction of sp³-hybridized carbons (Fsp3) is 0.292. The molecule has 3 rings (SSSR count). The van der Waals surface area contributed by atoms with Crippen molar-refractivity contribution in [2.24, 2.45) is 5.73 Å². The average molecular weight is 555 g/mol. The highest BCUT2D eigenvalue weighted by molar-refractivity contribution is 7.86. The first-order chi connectivity index (χ1) is 17.1. The van der Waals surface area contributed by atoms with Crippen molar-refractivity contribution in [3.63, 3.8) is 0 Å². The Hall–Kier alpha value is -3.37. The fourth-order valence-electron chi connectivity index (χ4n) is 3.13. The van der Waals surface area contributed by atoms with Crippen LogP contribution >= 0.6 is 0 Å². The van der Waals surface area contributed by atoms with Gasteiger partial charge in [-0.05, 0) is 48.7 Å². The Labute approximate surface area is 212 Å². The van der Waals surface area contributed by atoms with E-state index in [1.807, 2.05) is 0 Å². The monoisotopic (exact) mass is 554 g/mol. The second-order valence-electron chi connectivity index (χ2n) is 7.07. The first-order valence-corrected chi connectivity index (χ1v) is 11.2. The number of primary amides is 1. The third kappa shape index (κ3) is 8.06. The molecular formula is C24H25F7N2O3S. The molecule has 1 amide bonds. The minimum Gasteiger partial charge on any atom is -0.370 e. The lowest BCUT2D eigenvalue weighted by Gasteiger charge is -2.35. The number of aryl methyl sites for hydroxylation is 1. The van der Waals surface area contributed by atoms with E-state index in [-0.39, 0.29) is 35.0 Å². The number of terminal acetylenes is 1. The van der Waals surface area contributed by atoms with E-state index in [1.54, 1.807) is 0 Å². The highest BCUT2D eigenvalue weighted by Crippen LogP contribution is 2.50. The number of hydrogen-bond donors (Lipinski definition) is 2. The van der Waals surface area contributed by atoms with Crippen LogP contribution in [-0.4, -0.2) is 34.1 Å². The van der Waals surface area contributed by atoms with Crippen LogP contribution in [-0.2, 0) is 27.8 Å². The van der Waals surface area contributed by atoms with Crippen LogP contribution in [0.5, 0.6) is 0 Å². The van der Waals surface area contributed by atoms with Gasteiger partial charge in [-0.15, -0.1) is 26.0 Å². The van der Waals surface area contributed by atoms with Crippen molar-refractivity contribution in [3.8, 4) is 12.8 Å². The molecule has 1 heterocycles. The molecule has 0 bridgehead atoms. The number of hydrogen-bond acceptors (Lipinski definition) is 3. The molecule has 0 radical (unpaired) electrons. The third-order valence-electron chi connectivity index (χ3n) is 4.61. The van der Waals surface area contributed by atoms with E-state index in [9.17, 15) is 44.8 Å². The van der Waals surface area contributed by atoms with Gasteiger partial charge in [0, 0.05) is 19.0 Å². The minimum absolute atomic E-state index is 0.0936. The van der Waals surface area contributed by atoms with E-state index in [0.717, 1.165) is 18.2 Å². The van der Waals surface area contributed by atoms with Crippen LogP contribution in [0, 0.1) is 18.7 Å². The maximum atomic E-state index is 13.1. The number of aliphatic hydroxyl groups is 1. The molecular weight excluding hydrogens is 529 g/mol. The highest BCUT2D eigenvalue weighted by atomic mass is 32.2. The van der Waals surface area contributed by atoms with Crippen LogP contribution in [0.1, 0.15) is 24.5 Å². The molecule has 1 unspecified atom stereocenters. The number of nitrogens with two attached hydrogens (primary N) is 1. The number of nitrogens with zero attached hydrogens (tertiary/aromatic N) is 1. The van der Waals surface area contributed by atoms with Crippen molar-refractivity contribution in [2.45, 2.75) is 42.6 Å². The Kier molecular flexibility index (Phi) is 12.5. The van der Waals surface area contributed by atoms with Gasteiger partial charge < -0.3 is 10.8 Å². The second-order valence-corrected chi connectivity index (χ2v) is 8.48. The summed E-state index contributed by atoms with van der Waals surface area (Å²) in [4.78, 5) is 9.45. The molecule has 0 aromatic heterocycles. The van der Waals surface area contributed by atoms with Crippen molar-refractivity contribution >= 4 is 22.6 Å². The van der Waals surface area contributed by atoms with Gasteiger partial charge in [-0.2, -0.15) is 26.3 Å². The quantitative estimate of drug-likeness (QED) is 0.313. The lowest BCUT2D eigenvalue weighted by molar-refractivity contribution is -0.376.